The molecule has 0 radical (unpaired) electrons. The third-order valence-electron chi connectivity index (χ3n) is 2.73. The molecule has 100 valence electrons. The Labute approximate surface area is 119 Å². The van der Waals surface area contributed by atoms with Gasteiger partial charge >= 0.3 is 0 Å². The molecule has 2 N–H and O–H groups in total. The molecule has 0 atom stereocenters. The molecular formula is C14H9ClFN3O. The van der Waals surface area contributed by atoms with Crippen LogP contribution in [0.25, 0.3) is 10.9 Å². The molecule has 3 rings (SSSR count). The molecule has 0 aliphatic heterocycles. The van der Waals surface area contributed by atoms with Gasteiger partial charge in [-0.1, -0.05) is 11.6 Å². The Kier molecular flexibility index (Phi) is 3.12. The summed E-state index contributed by atoms with van der Waals surface area (Å²) in [5, 5.41) is 1.02. The van der Waals surface area contributed by atoms with Crippen LogP contribution in [0.1, 0.15) is 0 Å². The number of rotatable bonds is 2. The minimum absolute atomic E-state index is 0.00105. The van der Waals surface area contributed by atoms with Gasteiger partial charge in [0, 0.05) is 35.6 Å². The first-order chi connectivity index (χ1) is 9.65. The van der Waals surface area contributed by atoms with E-state index in [1.807, 2.05) is 0 Å². The second-order valence-electron chi connectivity index (χ2n) is 4.12. The van der Waals surface area contributed by atoms with Gasteiger partial charge in [-0.3, -0.25) is 9.97 Å². The average molecular weight is 290 g/mol. The number of benzene rings is 1. The Morgan fingerprint density at radius 2 is 2.10 bits per heavy atom. The number of nitrogens with zero attached hydrogens (tertiary/aromatic N) is 2. The molecule has 1 aromatic carbocycles. The Bertz CT molecular complexity index is 794. The number of ether oxygens (including phenoxy) is 1. The maximum Gasteiger partial charge on any atom is 0.189 e. The topological polar surface area (TPSA) is 61.0 Å². The predicted molar refractivity (Wildman–Crippen MR) is 75.4 cm³/mol. The molecule has 0 aliphatic rings. The Balaban J connectivity index is 2.16. The number of hydrogen-bond donors (Lipinski definition) is 1. The third kappa shape index (κ3) is 2.23. The summed E-state index contributed by atoms with van der Waals surface area (Å²) in [5.41, 5.74) is 6.43. The molecule has 0 aliphatic carbocycles. The lowest BCUT2D eigenvalue weighted by Gasteiger charge is -2.10. The van der Waals surface area contributed by atoms with Gasteiger partial charge in [0.25, 0.3) is 0 Å². The van der Waals surface area contributed by atoms with E-state index in [0.29, 0.717) is 27.4 Å². The van der Waals surface area contributed by atoms with Gasteiger partial charge in [-0.25, -0.2) is 4.39 Å². The van der Waals surface area contributed by atoms with Gasteiger partial charge in [0.2, 0.25) is 0 Å². The van der Waals surface area contributed by atoms with Crippen molar-refractivity contribution in [2.45, 2.75) is 0 Å². The number of aromatic nitrogens is 2. The van der Waals surface area contributed by atoms with E-state index in [1.54, 1.807) is 24.4 Å². The summed E-state index contributed by atoms with van der Waals surface area (Å²) in [6, 6.07) is 6.22. The van der Waals surface area contributed by atoms with Crippen LogP contribution in [0.3, 0.4) is 0 Å². The quantitative estimate of drug-likeness (QED) is 0.729. The summed E-state index contributed by atoms with van der Waals surface area (Å²) in [6.45, 7) is 0. The smallest absolute Gasteiger partial charge is 0.189 e. The highest BCUT2D eigenvalue weighted by molar-refractivity contribution is 6.30. The van der Waals surface area contributed by atoms with Gasteiger partial charge in [0.1, 0.15) is 11.3 Å². The van der Waals surface area contributed by atoms with E-state index in [-0.39, 0.29) is 5.75 Å². The van der Waals surface area contributed by atoms with Crippen LogP contribution in [-0.4, -0.2) is 9.97 Å². The number of pyridine rings is 2. The molecule has 0 saturated carbocycles. The van der Waals surface area contributed by atoms with Crippen molar-refractivity contribution in [1.29, 1.82) is 0 Å². The molecule has 2 heterocycles. The van der Waals surface area contributed by atoms with E-state index in [0.717, 1.165) is 0 Å². The molecular weight excluding hydrogens is 281 g/mol. The zero-order valence-electron chi connectivity index (χ0n) is 10.2. The van der Waals surface area contributed by atoms with E-state index >= 15 is 0 Å². The summed E-state index contributed by atoms with van der Waals surface area (Å²) < 4.78 is 19.6. The maximum absolute atomic E-state index is 14.1. The number of hydrogen-bond acceptors (Lipinski definition) is 4. The number of anilines is 1. The molecule has 0 fully saturated rings. The fourth-order valence-electron chi connectivity index (χ4n) is 1.88. The molecule has 20 heavy (non-hydrogen) atoms. The van der Waals surface area contributed by atoms with Crippen molar-refractivity contribution in [2.24, 2.45) is 0 Å². The molecule has 3 aromatic rings. The van der Waals surface area contributed by atoms with Crippen molar-refractivity contribution in [3.05, 3.63) is 53.7 Å². The number of halogens is 2. The Hall–Kier alpha value is -2.40. The van der Waals surface area contributed by atoms with Gasteiger partial charge in [-0.15, -0.1) is 0 Å². The fourth-order valence-corrected chi connectivity index (χ4v) is 2.04. The van der Waals surface area contributed by atoms with Crippen molar-refractivity contribution in [1.82, 2.24) is 9.97 Å². The first-order valence-electron chi connectivity index (χ1n) is 5.76. The largest absolute Gasteiger partial charge is 0.450 e. The van der Waals surface area contributed by atoms with Crippen molar-refractivity contribution in [3.63, 3.8) is 0 Å². The molecule has 0 bridgehead atoms. The van der Waals surface area contributed by atoms with E-state index in [1.165, 1.54) is 18.5 Å². The van der Waals surface area contributed by atoms with Crippen LogP contribution in [0.4, 0.5) is 10.1 Å². The van der Waals surface area contributed by atoms with Gasteiger partial charge < -0.3 is 10.5 Å². The summed E-state index contributed by atoms with van der Waals surface area (Å²) >= 11 is 5.82. The lowest BCUT2D eigenvalue weighted by atomic mass is 10.1. The standard InChI is InChI=1S/C14H9ClFN3O/c15-8-4-9(7-18-6-8)20-14-11(16)5-12(17)10-2-1-3-19-13(10)14/h1-7H,17H2. The van der Waals surface area contributed by atoms with Crippen molar-refractivity contribution in [2.75, 3.05) is 5.73 Å². The van der Waals surface area contributed by atoms with Gasteiger partial charge in [-0.05, 0) is 12.1 Å². The molecule has 0 spiro atoms. The highest BCUT2D eigenvalue weighted by Gasteiger charge is 2.14. The van der Waals surface area contributed by atoms with E-state index in [4.69, 9.17) is 22.1 Å². The average Bonchev–Trinajstić information content (AvgIpc) is 2.43. The lowest BCUT2D eigenvalue weighted by molar-refractivity contribution is 0.445. The van der Waals surface area contributed by atoms with Crippen LogP contribution in [0, 0.1) is 5.82 Å². The highest BCUT2D eigenvalue weighted by Crippen LogP contribution is 2.34. The lowest BCUT2D eigenvalue weighted by Crippen LogP contribution is -1.96. The van der Waals surface area contributed by atoms with Gasteiger partial charge in [0.15, 0.2) is 11.6 Å². The molecule has 2 aromatic heterocycles. The van der Waals surface area contributed by atoms with Crippen molar-refractivity contribution >= 4 is 28.2 Å². The van der Waals surface area contributed by atoms with E-state index in [9.17, 15) is 4.39 Å². The Morgan fingerprint density at radius 1 is 1.25 bits per heavy atom. The van der Waals surface area contributed by atoms with Crippen LogP contribution in [0.15, 0.2) is 42.9 Å². The summed E-state index contributed by atoms with van der Waals surface area (Å²) in [7, 11) is 0. The first kappa shape index (κ1) is 12.6. The highest BCUT2D eigenvalue weighted by atomic mass is 35.5. The first-order valence-corrected chi connectivity index (χ1v) is 6.14. The fraction of sp³-hybridized carbons (Fsp3) is 0. The van der Waals surface area contributed by atoms with Crippen LogP contribution in [-0.2, 0) is 0 Å². The van der Waals surface area contributed by atoms with E-state index < -0.39 is 5.82 Å². The molecule has 0 unspecified atom stereocenters. The second kappa shape index (κ2) is 4.94. The normalized spacial score (nSPS) is 10.7. The zero-order valence-corrected chi connectivity index (χ0v) is 10.9. The van der Waals surface area contributed by atoms with Crippen LogP contribution in [0.5, 0.6) is 11.5 Å². The zero-order chi connectivity index (χ0) is 14.1. The maximum atomic E-state index is 14.1. The second-order valence-corrected chi connectivity index (χ2v) is 4.55. The summed E-state index contributed by atoms with van der Waals surface area (Å²) in [4.78, 5) is 8.01. The van der Waals surface area contributed by atoms with Crippen LogP contribution in [0.2, 0.25) is 5.02 Å². The van der Waals surface area contributed by atoms with E-state index in [2.05, 4.69) is 9.97 Å². The van der Waals surface area contributed by atoms with Crippen molar-refractivity contribution in [3.8, 4) is 11.5 Å². The SMILES string of the molecule is Nc1cc(F)c(Oc2cncc(Cl)c2)c2ncccc12. The van der Waals surface area contributed by atoms with Crippen LogP contribution < -0.4 is 10.5 Å². The number of nitrogen functional groups attached to an aromatic ring is 1. The minimum Gasteiger partial charge on any atom is -0.450 e. The molecule has 6 heteroatoms. The van der Waals surface area contributed by atoms with Crippen molar-refractivity contribution < 1.29 is 9.13 Å². The number of nitrogens with two attached hydrogens (primary N) is 1. The molecule has 0 amide bonds. The van der Waals surface area contributed by atoms with Gasteiger partial charge in [0.05, 0.1) is 11.2 Å². The third-order valence-corrected chi connectivity index (χ3v) is 2.94. The van der Waals surface area contributed by atoms with Gasteiger partial charge in [-0.2, -0.15) is 0 Å². The number of fused-ring (bicyclic) bond motifs is 1. The summed E-state index contributed by atoms with van der Waals surface area (Å²) in [6.07, 6.45) is 4.45. The predicted octanol–water partition coefficient (Wildman–Crippen LogP) is 3.80. The minimum atomic E-state index is -0.589. The molecule has 0 saturated heterocycles. The monoisotopic (exact) mass is 289 g/mol. The Morgan fingerprint density at radius 3 is 2.90 bits per heavy atom. The summed E-state index contributed by atoms with van der Waals surface area (Å²) in [5.74, 6) is -0.263. The molecule has 4 nitrogen and oxygen atoms in total. The van der Waals surface area contributed by atoms with Crippen LogP contribution >= 0.6 is 11.6 Å².